The van der Waals surface area contributed by atoms with Crippen molar-refractivity contribution in [1.29, 1.82) is 0 Å². The first-order valence-electron chi connectivity index (χ1n) is 5.62. The Hall–Kier alpha value is -1.88. The number of pyridine rings is 1. The monoisotopic (exact) mass is 321 g/mol. The van der Waals surface area contributed by atoms with Crippen molar-refractivity contribution in [2.75, 3.05) is 0 Å². The van der Waals surface area contributed by atoms with Crippen molar-refractivity contribution in [2.24, 2.45) is 0 Å². The summed E-state index contributed by atoms with van der Waals surface area (Å²) in [4.78, 5) is 15.0. The van der Waals surface area contributed by atoms with E-state index in [0.29, 0.717) is 17.3 Å². The second-order valence-electron chi connectivity index (χ2n) is 4.10. The number of halogens is 1. The molecule has 0 fully saturated rings. The van der Waals surface area contributed by atoms with Crippen molar-refractivity contribution < 1.29 is 14.6 Å². The van der Waals surface area contributed by atoms with Crippen LogP contribution in [-0.2, 0) is 0 Å². The smallest absolute Gasteiger partial charge is 0.337 e. The molecular weight excluding hydrogens is 310 g/mol. The maximum Gasteiger partial charge on any atom is 0.337 e. The van der Waals surface area contributed by atoms with Crippen molar-refractivity contribution in [2.45, 2.75) is 13.8 Å². The molecule has 1 N–H and O–H groups in total. The van der Waals surface area contributed by atoms with Crippen LogP contribution < -0.4 is 4.74 Å². The molecule has 1 heterocycles. The minimum absolute atomic E-state index is 0.180. The van der Waals surface area contributed by atoms with Gasteiger partial charge < -0.3 is 9.84 Å². The van der Waals surface area contributed by atoms with Gasteiger partial charge in [0.25, 0.3) is 0 Å². The van der Waals surface area contributed by atoms with Gasteiger partial charge in [0.15, 0.2) is 0 Å². The fourth-order valence-electron chi connectivity index (χ4n) is 1.62. The predicted molar refractivity (Wildman–Crippen MR) is 74.9 cm³/mol. The minimum Gasteiger partial charge on any atom is -0.478 e. The predicted octanol–water partition coefficient (Wildman–Crippen LogP) is 3.95. The first-order valence-corrected chi connectivity index (χ1v) is 6.41. The van der Waals surface area contributed by atoms with E-state index in [1.807, 2.05) is 25.1 Å². The molecule has 0 aliphatic rings. The van der Waals surface area contributed by atoms with Crippen LogP contribution in [0.25, 0.3) is 0 Å². The molecule has 0 aliphatic carbocycles. The van der Waals surface area contributed by atoms with Crippen LogP contribution in [0.2, 0.25) is 0 Å². The Kier molecular flexibility index (Phi) is 3.85. The topological polar surface area (TPSA) is 59.4 Å². The van der Waals surface area contributed by atoms with Crippen molar-refractivity contribution in [3.8, 4) is 11.6 Å². The molecule has 0 spiro atoms. The summed E-state index contributed by atoms with van der Waals surface area (Å²) < 4.78 is 6.61. The first kappa shape index (κ1) is 13.5. The molecule has 0 saturated heterocycles. The summed E-state index contributed by atoms with van der Waals surface area (Å²) in [6.07, 6.45) is 0. The first-order chi connectivity index (χ1) is 8.97. The normalized spacial score (nSPS) is 10.3. The van der Waals surface area contributed by atoms with Crippen LogP contribution in [0.3, 0.4) is 0 Å². The molecule has 5 heteroatoms. The average molecular weight is 322 g/mol. The van der Waals surface area contributed by atoms with Gasteiger partial charge in [0, 0.05) is 10.5 Å². The summed E-state index contributed by atoms with van der Waals surface area (Å²) in [5.74, 6) is 0.0518. The van der Waals surface area contributed by atoms with E-state index in [9.17, 15) is 4.79 Å². The Morgan fingerprint density at radius 1 is 1.26 bits per heavy atom. The molecule has 1 aromatic carbocycles. The molecule has 0 unspecified atom stereocenters. The molecule has 0 saturated carbocycles. The number of hydrogen-bond acceptors (Lipinski definition) is 3. The number of aromatic nitrogens is 1. The molecule has 0 amide bonds. The van der Waals surface area contributed by atoms with E-state index < -0.39 is 5.97 Å². The molecule has 2 aromatic rings. The average Bonchev–Trinajstić information content (AvgIpc) is 2.33. The molecule has 4 nitrogen and oxygen atoms in total. The highest BCUT2D eigenvalue weighted by atomic mass is 79.9. The highest BCUT2D eigenvalue weighted by Gasteiger charge is 2.09. The molecule has 98 valence electrons. The summed E-state index contributed by atoms with van der Waals surface area (Å²) >= 11 is 3.42. The number of nitrogens with zero attached hydrogens (tertiary/aromatic N) is 1. The van der Waals surface area contributed by atoms with Gasteiger partial charge >= 0.3 is 5.97 Å². The lowest BCUT2D eigenvalue weighted by molar-refractivity contribution is 0.0695. The number of carbonyl (C=O) groups is 1. The molecule has 0 aliphatic heterocycles. The van der Waals surface area contributed by atoms with Crippen LogP contribution in [0.1, 0.15) is 21.6 Å². The third kappa shape index (κ3) is 3.12. The molecule has 19 heavy (non-hydrogen) atoms. The van der Waals surface area contributed by atoms with Gasteiger partial charge in [-0.1, -0.05) is 15.9 Å². The summed E-state index contributed by atoms with van der Waals surface area (Å²) in [6, 6.07) is 8.63. The fourth-order valence-corrected chi connectivity index (χ4v) is 1.87. The molecule has 0 radical (unpaired) electrons. The van der Waals surface area contributed by atoms with Crippen LogP contribution in [0.15, 0.2) is 34.8 Å². The van der Waals surface area contributed by atoms with Gasteiger partial charge in [-0.05, 0) is 43.7 Å². The number of ether oxygens (including phenoxy) is 1. The van der Waals surface area contributed by atoms with Crippen LogP contribution in [0.4, 0.5) is 0 Å². The van der Waals surface area contributed by atoms with Crippen LogP contribution in [0, 0.1) is 13.8 Å². The van der Waals surface area contributed by atoms with Crippen LogP contribution >= 0.6 is 15.9 Å². The third-order valence-electron chi connectivity index (χ3n) is 2.64. The van der Waals surface area contributed by atoms with Gasteiger partial charge in [0.1, 0.15) is 5.75 Å². The number of carboxylic acid groups (broad SMARTS) is 1. The fraction of sp³-hybridized carbons (Fsp3) is 0.143. The quantitative estimate of drug-likeness (QED) is 0.929. The highest BCUT2D eigenvalue weighted by Crippen LogP contribution is 2.25. The van der Waals surface area contributed by atoms with E-state index >= 15 is 0 Å². The van der Waals surface area contributed by atoms with Gasteiger partial charge in [-0.2, -0.15) is 0 Å². The van der Waals surface area contributed by atoms with E-state index in [0.717, 1.165) is 10.0 Å². The van der Waals surface area contributed by atoms with Crippen LogP contribution in [0.5, 0.6) is 11.6 Å². The summed E-state index contributed by atoms with van der Waals surface area (Å²) in [5, 5.41) is 8.93. The zero-order chi connectivity index (χ0) is 14.0. The Morgan fingerprint density at radius 2 is 2.00 bits per heavy atom. The lowest BCUT2D eigenvalue weighted by Gasteiger charge is -2.08. The second-order valence-corrected chi connectivity index (χ2v) is 4.96. The Bertz CT molecular complexity index is 641. The van der Waals surface area contributed by atoms with Crippen LogP contribution in [-0.4, -0.2) is 16.1 Å². The summed E-state index contributed by atoms with van der Waals surface area (Å²) in [7, 11) is 0. The zero-order valence-corrected chi connectivity index (χ0v) is 12.1. The number of benzene rings is 1. The third-order valence-corrected chi connectivity index (χ3v) is 3.53. The molecule has 2 rings (SSSR count). The highest BCUT2D eigenvalue weighted by molar-refractivity contribution is 9.10. The Balaban J connectivity index is 2.26. The van der Waals surface area contributed by atoms with E-state index in [-0.39, 0.29) is 5.56 Å². The Labute approximate surface area is 119 Å². The number of hydrogen-bond donors (Lipinski definition) is 1. The summed E-state index contributed by atoms with van der Waals surface area (Å²) in [5.41, 5.74) is 1.66. The van der Waals surface area contributed by atoms with Gasteiger partial charge in [-0.25, -0.2) is 9.78 Å². The van der Waals surface area contributed by atoms with Gasteiger partial charge in [0.2, 0.25) is 5.88 Å². The van der Waals surface area contributed by atoms with Gasteiger partial charge in [0.05, 0.1) is 11.3 Å². The van der Waals surface area contributed by atoms with Crippen molar-refractivity contribution in [3.63, 3.8) is 0 Å². The van der Waals surface area contributed by atoms with E-state index in [1.165, 1.54) is 6.07 Å². The maximum absolute atomic E-state index is 10.9. The lowest BCUT2D eigenvalue weighted by atomic mass is 10.2. The molecular formula is C14H12BrNO3. The second kappa shape index (κ2) is 5.40. The van der Waals surface area contributed by atoms with Crippen molar-refractivity contribution in [1.82, 2.24) is 4.98 Å². The van der Waals surface area contributed by atoms with Gasteiger partial charge in [-0.15, -0.1) is 0 Å². The van der Waals surface area contributed by atoms with Crippen molar-refractivity contribution >= 4 is 21.9 Å². The molecule has 1 aromatic heterocycles. The number of aryl methyl sites for hydroxylation is 2. The van der Waals surface area contributed by atoms with E-state index in [2.05, 4.69) is 20.9 Å². The largest absolute Gasteiger partial charge is 0.478 e. The minimum atomic E-state index is -0.990. The molecule has 0 atom stereocenters. The number of aromatic carboxylic acids is 1. The van der Waals surface area contributed by atoms with E-state index in [4.69, 9.17) is 9.84 Å². The van der Waals surface area contributed by atoms with E-state index in [1.54, 1.807) is 13.0 Å². The summed E-state index contributed by atoms with van der Waals surface area (Å²) in [6.45, 7) is 3.60. The number of carboxylic acids is 1. The standard InChI is InChI=1S/C14H12BrNO3/c1-8-7-10(3-5-12(8)15)19-13-6-4-11(14(17)18)9(2)16-13/h3-7H,1-2H3,(H,17,18). The molecule has 0 bridgehead atoms. The number of rotatable bonds is 3. The Morgan fingerprint density at radius 3 is 2.58 bits per heavy atom. The maximum atomic E-state index is 10.9. The lowest BCUT2D eigenvalue weighted by Crippen LogP contribution is -2.02. The van der Waals surface area contributed by atoms with Crippen molar-refractivity contribution in [3.05, 3.63) is 51.6 Å². The zero-order valence-electron chi connectivity index (χ0n) is 10.5. The van der Waals surface area contributed by atoms with Gasteiger partial charge in [-0.3, -0.25) is 0 Å². The SMILES string of the molecule is Cc1cc(Oc2ccc(C(=O)O)c(C)n2)ccc1Br.